The Morgan fingerprint density at radius 3 is 2.70 bits per heavy atom. The number of nitrogens with one attached hydrogen (secondary N) is 1. The van der Waals surface area contributed by atoms with E-state index in [0.29, 0.717) is 12.2 Å². The molecule has 0 aromatic rings. The van der Waals surface area contributed by atoms with Gasteiger partial charge in [-0.2, -0.15) is 12.6 Å². The summed E-state index contributed by atoms with van der Waals surface area (Å²) in [6, 6.07) is 0. The van der Waals surface area contributed by atoms with Gasteiger partial charge < -0.3 is 5.32 Å². The number of thiol groups is 1. The Kier molecular flexibility index (Phi) is 2.24. The minimum absolute atomic E-state index is 0.134. The van der Waals surface area contributed by atoms with E-state index >= 15 is 0 Å². The van der Waals surface area contributed by atoms with Gasteiger partial charge in [0.15, 0.2) is 0 Å². The van der Waals surface area contributed by atoms with Gasteiger partial charge in [-0.05, 0) is 25.5 Å². The molecule has 0 saturated heterocycles. The second-order valence-corrected chi connectivity index (χ2v) is 3.53. The third-order valence-electron chi connectivity index (χ3n) is 1.78. The average molecular weight is 159 g/mol. The Morgan fingerprint density at radius 2 is 2.30 bits per heavy atom. The SMILES string of the molecule is CC1(NC(=O)CCS)CC1. The quantitative estimate of drug-likeness (QED) is 0.590. The summed E-state index contributed by atoms with van der Waals surface area (Å²) in [7, 11) is 0. The Bertz CT molecular complexity index is 143. The summed E-state index contributed by atoms with van der Waals surface area (Å²) < 4.78 is 0. The van der Waals surface area contributed by atoms with Gasteiger partial charge >= 0.3 is 0 Å². The zero-order valence-electron chi connectivity index (χ0n) is 6.18. The number of amides is 1. The van der Waals surface area contributed by atoms with E-state index in [1.165, 1.54) is 0 Å². The number of hydrogen-bond donors (Lipinski definition) is 2. The largest absolute Gasteiger partial charge is 0.351 e. The van der Waals surface area contributed by atoms with Crippen LogP contribution in [-0.4, -0.2) is 17.2 Å². The van der Waals surface area contributed by atoms with Crippen molar-refractivity contribution < 1.29 is 4.79 Å². The fourth-order valence-electron chi connectivity index (χ4n) is 0.813. The van der Waals surface area contributed by atoms with Gasteiger partial charge in [0.05, 0.1) is 0 Å². The summed E-state index contributed by atoms with van der Waals surface area (Å²) in [5.41, 5.74) is 0.139. The molecule has 0 radical (unpaired) electrons. The van der Waals surface area contributed by atoms with Crippen LogP contribution in [0.5, 0.6) is 0 Å². The van der Waals surface area contributed by atoms with Gasteiger partial charge in [0.1, 0.15) is 0 Å². The lowest BCUT2D eigenvalue weighted by molar-refractivity contribution is -0.121. The summed E-state index contributed by atoms with van der Waals surface area (Å²) in [5, 5.41) is 2.94. The van der Waals surface area contributed by atoms with Crippen molar-refractivity contribution in [1.29, 1.82) is 0 Å². The van der Waals surface area contributed by atoms with E-state index in [9.17, 15) is 4.79 Å². The van der Waals surface area contributed by atoms with Gasteiger partial charge in [-0.3, -0.25) is 4.79 Å². The van der Waals surface area contributed by atoms with Crippen LogP contribution in [0.1, 0.15) is 26.2 Å². The summed E-state index contributed by atoms with van der Waals surface area (Å²) in [6.07, 6.45) is 2.80. The molecule has 1 saturated carbocycles. The van der Waals surface area contributed by atoms with E-state index in [2.05, 4.69) is 24.9 Å². The third kappa shape index (κ3) is 2.21. The Hall–Kier alpha value is -0.180. The van der Waals surface area contributed by atoms with Crippen LogP contribution in [0.15, 0.2) is 0 Å². The summed E-state index contributed by atoms with van der Waals surface area (Å²) in [6.45, 7) is 2.07. The van der Waals surface area contributed by atoms with Gasteiger partial charge in [-0.25, -0.2) is 0 Å². The lowest BCUT2D eigenvalue weighted by atomic mass is 10.3. The van der Waals surface area contributed by atoms with Crippen molar-refractivity contribution in [2.24, 2.45) is 0 Å². The van der Waals surface area contributed by atoms with Gasteiger partial charge in [0, 0.05) is 12.0 Å². The zero-order chi connectivity index (χ0) is 7.61. The predicted molar refractivity (Wildman–Crippen MR) is 44.3 cm³/mol. The molecule has 0 heterocycles. The minimum Gasteiger partial charge on any atom is -0.351 e. The molecule has 58 valence electrons. The summed E-state index contributed by atoms with van der Waals surface area (Å²) in [5.74, 6) is 0.775. The van der Waals surface area contributed by atoms with E-state index in [4.69, 9.17) is 0 Å². The van der Waals surface area contributed by atoms with Crippen molar-refractivity contribution in [3.8, 4) is 0 Å². The molecular formula is C7H13NOS. The second-order valence-electron chi connectivity index (χ2n) is 3.08. The van der Waals surface area contributed by atoms with Crippen molar-refractivity contribution in [1.82, 2.24) is 5.32 Å². The molecule has 1 aliphatic rings. The average Bonchev–Trinajstić information content (AvgIpc) is 2.48. The van der Waals surface area contributed by atoms with Crippen molar-refractivity contribution in [3.05, 3.63) is 0 Å². The van der Waals surface area contributed by atoms with E-state index in [-0.39, 0.29) is 11.4 Å². The fourth-order valence-corrected chi connectivity index (χ4v) is 1.02. The number of rotatable bonds is 3. The molecule has 10 heavy (non-hydrogen) atoms. The third-order valence-corrected chi connectivity index (χ3v) is 2.00. The maximum absolute atomic E-state index is 10.9. The van der Waals surface area contributed by atoms with Crippen LogP contribution in [-0.2, 0) is 4.79 Å². The van der Waals surface area contributed by atoms with Gasteiger partial charge in [-0.1, -0.05) is 0 Å². The molecule has 1 amide bonds. The number of carbonyl (C=O) groups is 1. The molecule has 0 spiro atoms. The van der Waals surface area contributed by atoms with Crippen LogP contribution in [0.3, 0.4) is 0 Å². The molecule has 0 aliphatic heterocycles. The van der Waals surface area contributed by atoms with Crippen LogP contribution < -0.4 is 5.32 Å². The lowest BCUT2D eigenvalue weighted by Crippen LogP contribution is -2.34. The molecule has 1 N–H and O–H groups in total. The lowest BCUT2D eigenvalue weighted by Gasteiger charge is -2.09. The first kappa shape index (κ1) is 7.92. The van der Waals surface area contributed by atoms with E-state index < -0.39 is 0 Å². The molecule has 0 aromatic heterocycles. The topological polar surface area (TPSA) is 29.1 Å². The molecule has 1 fully saturated rings. The number of carbonyl (C=O) groups excluding carboxylic acids is 1. The Balaban J connectivity index is 2.18. The van der Waals surface area contributed by atoms with Crippen molar-refractivity contribution >= 4 is 18.5 Å². The van der Waals surface area contributed by atoms with Crippen LogP contribution in [0, 0.1) is 0 Å². The maximum Gasteiger partial charge on any atom is 0.221 e. The van der Waals surface area contributed by atoms with Crippen LogP contribution in [0.25, 0.3) is 0 Å². The van der Waals surface area contributed by atoms with Crippen molar-refractivity contribution in [2.45, 2.75) is 31.7 Å². The van der Waals surface area contributed by atoms with Gasteiger partial charge in [0.2, 0.25) is 5.91 Å². The molecule has 1 rings (SSSR count). The summed E-state index contributed by atoms with van der Waals surface area (Å²) >= 11 is 3.97. The Labute approximate surface area is 66.8 Å². The van der Waals surface area contributed by atoms with Crippen molar-refractivity contribution in [2.75, 3.05) is 5.75 Å². The minimum atomic E-state index is 0.134. The van der Waals surface area contributed by atoms with E-state index in [1.54, 1.807) is 0 Å². The molecule has 3 heteroatoms. The smallest absolute Gasteiger partial charge is 0.221 e. The molecular weight excluding hydrogens is 146 g/mol. The van der Waals surface area contributed by atoms with Crippen LogP contribution in [0.2, 0.25) is 0 Å². The fraction of sp³-hybridized carbons (Fsp3) is 0.857. The van der Waals surface area contributed by atoms with Crippen LogP contribution >= 0.6 is 12.6 Å². The highest BCUT2D eigenvalue weighted by Crippen LogP contribution is 2.34. The first-order chi connectivity index (χ1) is 4.66. The van der Waals surface area contributed by atoms with E-state index in [1.807, 2.05) is 0 Å². The first-order valence-electron chi connectivity index (χ1n) is 3.58. The molecule has 1 aliphatic carbocycles. The van der Waals surface area contributed by atoms with Crippen LogP contribution in [0.4, 0.5) is 0 Å². The summed E-state index contributed by atoms with van der Waals surface area (Å²) in [4.78, 5) is 10.9. The normalized spacial score (nSPS) is 20.2. The van der Waals surface area contributed by atoms with E-state index in [0.717, 1.165) is 12.8 Å². The molecule has 2 nitrogen and oxygen atoms in total. The van der Waals surface area contributed by atoms with Gasteiger partial charge in [-0.15, -0.1) is 0 Å². The zero-order valence-corrected chi connectivity index (χ0v) is 7.08. The Morgan fingerprint density at radius 1 is 1.70 bits per heavy atom. The predicted octanol–water partition coefficient (Wildman–Crippen LogP) is 0.975. The maximum atomic E-state index is 10.9. The van der Waals surface area contributed by atoms with Gasteiger partial charge in [0.25, 0.3) is 0 Å². The molecule has 0 aromatic carbocycles. The number of hydrogen-bond acceptors (Lipinski definition) is 2. The highest BCUT2D eigenvalue weighted by molar-refractivity contribution is 7.80. The highest BCUT2D eigenvalue weighted by Gasteiger charge is 2.38. The first-order valence-corrected chi connectivity index (χ1v) is 4.21. The molecule has 0 atom stereocenters. The van der Waals surface area contributed by atoms with Crippen molar-refractivity contribution in [3.63, 3.8) is 0 Å². The highest BCUT2D eigenvalue weighted by atomic mass is 32.1. The molecule has 0 bridgehead atoms. The molecule has 0 unspecified atom stereocenters. The monoisotopic (exact) mass is 159 g/mol. The second kappa shape index (κ2) is 2.82. The standard InChI is InChI=1S/C7H13NOS/c1-7(3-4-7)8-6(9)2-5-10/h10H,2-5H2,1H3,(H,8,9).